The molecule has 0 aromatic heterocycles. The minimum Gasteiger partial charge on any atom is -0.378 e. The SMILES string of the molecule is CN(C)c1ccc(CN2C[C@@H]3C(=O)NC(=O)[C@@H]3C2)cc1. The zero-order valence-corrected chi connectivity index (χ0v) is 11.8. The molecule has 1 aromatic rings. The predicted molar refractivity (Wildman–Crippen MR) is 76.2 cm³/mol. The van der Waals surface area contributed by atoms with Crippen molar-refractivity contribution in [1.82, 2.24) is 10.2 Å². The van der Waals surface area contributed by atoms with Crippen molar-refractivity contribution in [2.24, 2.45) is 11.8 Å². The maximum absolute atomic E-state index is 11.6. The Morgan fingerprint density at radius 2 is 1.65 bits per heavy atom. The van der Waals surface area contributed by atoms with E-state index in [1.165, 1.54) is 11.3 Å². The van der Waals surface area contributed by atoms with Gasteiger partial charge in [0.15, 0.2) is 0 Å². The van der Waals surface area contributed by atoms with Crippen molar-refractivity contribution < 1.29 is 9.59 Å². The Balaban J connectivity index is 1.65. The van der Waals surface area contributed by atoms with Crippen molar-refractivity contribution in [2.45, 2.75) is 6.54 Å². The Labute approximate surface area is 118 Å². The van der Waals surface area contributed by atoms with Gasteiger partial charge in [-0.2, -0.15) is 0 Å². The van der Waals surface area contributed by atoms with Gasteiger partial charge in [-0.05, 0) is 17.7 Å². The number of likely N-dealkylation sites (tertiary alicyclic amines) is 1. The number of hydrogen-bond acceptors (Lipinski definition) is 4. The van der Waals surface area contributed by atoms with E-state index in [1.54, 1.807) is 0 Å². The molecular formula is C15H19N3O2. The molecule has 5 heteroatoms. The zero-order valence-electron chi connectivity index (χ0n) is 11.8. The molecule has 2 saturated heterocycles. The molecule has 2 fully saturated rings. The number of imide groups is 1. The van der Waals surface area contributed by atoms with Gasteiger partial charge in [0, 0.05) is 39.4 Å². The van der Waals surface area contributed by atoms with E-state index in [0.717, 1.165) is 6.54 Å². The van der Waals surface area contributed by atoms with Gasteiger partial charge in [-0.25, -0.2) is 0 Å². The highest BCUT2D eigenvalue weighted by molar-refractivity contribution is 6.05. The number of fused-ring (bicyclic) bond motifs is 1. The smallest absolute Gasteiger partial charge is 0.231 e. The molecule has 2 heterocycles. The quantitative estimate of drug-likeness (QED) is 0.813. The highest BCUT2D eigenvalue weighted by Crippen LogP contribution is 2.29. The summed E-state index contributed by atoms with van der Waals surface area (Å²) in [5.41, 5.74) is 2.38. The fraction of sp³-hybridized carbons (Fsp3) is 0.467. The van der Waals surface area contributed by atoms with E-state index in [0.29, 0.717) is 13.1 Å². The van der Waals surface area contributed by atoms with Crippen molar-refractivity contribution in [2.75, 3.05) is 32.1 Å². The molecule has 106 valence electrons. The van der Waals surface area contributed by atoms with Crippen LogP contribution in [0.2, 0.25) is 0 Å². The number of anilines is 1. The summed E-state index contributed by atoms with van der Waals surface area (Å²) in [6.45, 7) is 2.15. The summed E-state index contributed by atoms with van der Waals surface area (Å²) in [5.74, 6) is -0.511. The lowest BCUT2D eigenvalue weighted by atomic mass is 10.00. The second kappa shape index (κ2) is 4.90. The van der Waals surface area contributed by atoms with E-state index in [9.17, 15) is 9.59 Å². The molecule has 3 rings (SSSR count). The van der Waals surface area contributed by atoms with Gasteiger partial charge in [-0.1, -0.05) is 12.1 Å². The van der Waals surface area contributed by atoms with Gasteiger partial charge in [-0.3, -0.25) is 19.8 Å². The summed E-state index contributed by atoms with van der Waals surface area (Å²) >= 11 is 0. The number of amides is 2. The first-order chi connectivity index (χ1) is 9.54. The summed E-state index contributed by atoms with van der Waals surface area (Å²) < 4.78 is 0. The van der Waals surface area contributed by atoms with Gasteiger partial charge < -0.3 is 4.90 Å². The molecule has 20 heavy (non-hydrogen) atoms. The second-order valence-corrected chi connectivity index (χ2v) is 5.82. The van der Waals surface area contributed by atoms with E-state index >= 15 is 0 Å². The van der Waals surface area contributed by atoms with Crippen LogP contribution in [-0.2, 0) is 16.1 Å². The van der Waals surface area contributed by atoms with Crippen molar-refractivity contribution in [3.8, 4) is 0 Å². The van der Waals surface area contributed by atoms with Gasteiger partial charge in [0.1, 0.15) is 0 Å². The van der Waals surface area contributed by atoms with Crippen molar-refractivity contribution >= 4 is 17.5 Å². The number of nitrogens with zero attached hydrogens (tertiary/aromatic N) is 2. The highest BCUT2D eigenvalue weighted by atomic mass is 16.2. The van der Waals surface area contributed by atoms with E-state index in [2.05, 4.69) is 39.4 Å². The van der Waals surface area contributed by atoms with Gasteiger partial charge in [-0.15, -0.1) is 0 Å². The van der Waals surface area contributed by atoms with E-state index in [1.807, 2.05) is 14.1 Å². The normalized spacial score (nSPS) is 25.7. The Morgan fingerprint density at radius 3 is 2.15 bits per heavy atom. The number of nitrogens with one attached hydrogen (secondary N) is 1. The Kier molecular flexibility index (Phi) is 3.22. The lowest BCUT2D eigenvalue weighted by Crippen LogP contribution is -2.31. The van der Waals surface area contributed by atoms with Crippen molar-refractivity contribution in [1.29, 1.82) is 0 Å². The molecule has 0 spiro atoms. The van der Waals surface area contributed by atoms with Gasteiger partial charge in [0.05, 0.1) is 11.8 Å². The summed E-state index contributed by atoms with van der Waals surface area (Å²) in [6, 6.07) is 8.38. The molecule has 2 aliphatic heterocycles. The molecule has 2 aliphatic rings. The summed E-state index contributed by atoms with van der Waals surface area (Å²) in [5, 5.41) is 2.41. The van der Waals surface area contributed by atoms with Crippen LogP contribution in [0.15, 0.2) is 24.3 Å². The highest BCUT2D eigenvalue weighted by Gasteiger charge is 2.47. The molecule has 2 atom stereocenters. The largest absolute Gasteiger partial charge is 0.378 e. The van der Waals surface area contributed by atoms with Crippen LogP contribution in [0.4, 0.5) is 5.69 Å². The Hall–Kier alpha value is -1.88. The van der Waals surface area contributed by atoms with Crippen LogP contribution >= 0.6 is 0 Å². The Morgan fingerprint density at radius 1 is 1.10 bits per heavy atom. The van der Waals surface area contributed by atoms with E-state index < -0.39 is 0 Å². The first kappa shape index (κ1) is 13.1. The van der Waals surface area contributed by atoms with Crippen LogP contribution in [0.5, 0.6) is 0 Å². The Bertz CT molecular complexity index is 517. The number of carbonyl (C=O) groups is 2. The first-order valence-electron chi connectivity index (χ1n) is 6.88. The van der Waals surface area contributed by atoms with Crippen LogP contribution in [0.3, 0.4) is 0 Å². The zero-order chi connectivity index (χ0) is 14.3. The predicted octanol–water partition coefficient (Wildman–Crippen LogP) is 0.457. The van der Waals surface area contributed by atoms with Crippen molar-refractivity contribution in [3.05, 3.63) is 29.8 Å². The maximum Gasteiger partial charge on any atom is 0.231 e. The van der Waals surface area contributed by atoms with E-state index in [4.69, 9.17) is 0 Å². The summed E-state index contributed by atoms with van der Waals surface area (Å²) in [4.78, 5) is 27.5. The number of hydrogen-bond donors (Lipinski definition) is 1. The molecule has 1 aromatic carbocycles. The number of rotatable bonds is 3. The second-order valence-electron chi connectivity index (χ2n) is 5.82. The third kappa shape index (κ3) is 2.29. The van der Waals surface area contributed by atoms with Crippen molar-refractivity contribution in [3.63, 3.8) is 0 Å². The third-order valence-corrected chi connectivity index (χ3v) is 4.17. The van der Waals surface area contributed by atoms with Crippen LogP contribution in [0.25, 0.3) is 0 Å². The molecule has 0 unspecified atom stereocenters. The number of benzene rings is 1. The van der Waals surface area contributed by atoms with Crippen LogP contribution in [-0.4, -0.2) is 43.9 Å². The summed E-state index contributed by atoms with van der Waals surface area (Å²) in [7, 11) is 4.03. The fourth-order valence-electron chi connectivity index (χ4n) is 3.01. The minimum absolute atomic E-state index is 0.106. The van der Waals surface area contributed by atoms with Crippen LogP contribution in [0.1, 0.15) is 5.56 Å². The number of carbonyl (C=O) groups excluding carboxylic acids is 2. The average Bonchev–Trinajstić information content (AvgIpc) is 2.93. The van der Waals surface area contributed by atoms with Crippen LogP contribution < -0.4 is 10.2 Å². The van der Waals surface area contributed by atoms with Crippen LogP contribution in [0, 0.1) is 11.8 Å². The molecular weight excluding hydrogens is 254 g/mol. The van der Waals surface area contributed by atoms with E-state index in [-0.39, 0.29) is 23.7 Å². The molecule has 0 bridgehead atoms. The molecule has 0 radical (unpaired) electrons. The molecule has 0 aliphatic carbocycles. The molecule has 5 nitrogen and oxygen atoms in total. The minimum atomic E-state index is -0.149. The average molecular weight is 273 g/mol. The fourth-order valence-corrected chi connectivity index (χ4v) is 3.01. The molecule has 2 amide bonds. The monoisotopic (exact) mass is 273 g/mol. The standard InChI is InChI=1S/C15H19N3O2/c1-17(2)11-5-3-10(4-6-11)7-18-8-12-13(9-18)15(20)16-14(12)19/h3-6,12-13H,7-9H2,1-2H3,(H,16,19,20)/t12-,13+. The summed E-state index contributed by atoms with van der Waals surface area (Å²) in [6.07, 6.45) is 0. The third-order valence-electron chi connectivity index (χ3n) is 4.17. The first-order valence-corrected chi connectivity index (χ1v) is 6.88. The van der Waals surface area contributed by atoms with Gasteiger partial charge >= 0.3 is 0 Å². The molecule has 1 N–H and O–H groups in total. The lowest BCUT2D eigenvalue weighted by Gasteiger charge is -2.18. The maximum atomic E-state index is 11.6. The molecule has 0 saturated carbocycles. The van der Waals surface area contributed by atoms with Gasteiger partial charge in [0.2, 0.25) is 11.8 Å². The topological polar surface area (TPSA) is 52.6 Å². The van der Waals surface area contributed by atoms with Gasteiger partial charge in [0.25, 0.3) is 0 Å². The lowest BCUT2D eigenvalue weighted by molar-refractivity contribution is -0.126.